The SMILES string of the molecule is O=C(COc1ccc(Sc2ncnc3sc4c(c23)CCCC4)cc1)Nc1ccc(Cl)cc1. The number of aromatic nitrogens is 2. The molecule has 1 N–H and O–H groups in total. The number of amides is 1. The van der Waals surface area contributed by atoms with E-state index in [4.69, 9.17) is 16.3 Å². The van der Waals surface area contributed by atoms with Gasteiger partial charge in [0.15, 0.2) is 6.61 Å². The van der Waals surface area contributed by atoms with Crippen LogP contribution in [0.25, 0.3) is 10.2 Å². The molecule has 2 aromatic heterocycles. The summed E-state index contributed by atoms with van der Waals surface area (Å²) in [7, 11) is 0. The maximum absolute atomic E-state index is 12.1. The number of halogens is 1. The first-order chi connectivity index (χ1) is 15.7. The fourth-order valence-electron chi connectivity index (χ4n) is 3.73. The molecule has 2 heterocycles. The molecule has 0 aliphatic heterocycles. The van der Waals surface area contributed by atoms with Gasteiger partial charge in [-0.25, -0.2) is 9.97 Å². The zero-order chi connectivity index (χ0) is 21.9. The van der Waals surface area contributed by atoms with Crippen LogP contribution in [0.5, 0.6) is 5.75 Å². The third-order valence-electron chi connectivity index (χ3n) is 5.25. The predicted molar refractivity (Wildman–Crippen MR) is 130 cm³/mol. The zero-order valence-electron chi connectivity index (χ0n) is 17.1. The molecule has 5 nitrogen and oxygen atoms in total. The lowest BCUT2D eigenvalue weighted by molar-refractivity contribution is -0.118. The molecule has 0 saturated heterocycles. The van der Waals surface area contributed by atoms with Gasteiger partial charge >= 0.3 is 0 Å². The lowest BCUT2D eigenvalue weighted by Gasteiger charge is -2.11. The molecule has 0 spiro atoms. The highest BCUT2D eigenvalue weighted by molar-refractivity contribution is 7.99. The Morgan fingerprint density at radius 1 is 1.06 bits per heavy atom. The van der Waals surface area contributed by atoms with E-state index >= 15 is 0 Å². The van der Waals surface area contributed by atoms with Crippen molar-refractivity contribution in [3.63, 3.8) is 0 Å². The van der Waals surface area contributed by atoms with E-state index < -0.39 is 0 Å². The summed E-state index contributed by atoms with van der Waals surface area (Å²) < 4.78 is 5.63. The normalized spacial score (nSPS) is 13.0. The lowest BCUT2D eigenvalue weighted by Crippen LogP contribution is -2.20. The molecule has 1 aliphatic rings. The topological polar surface area (TPSA) is 64.1 Å². The van der Waals surface area contributed by atoms with Gasteiger partial charge in [-0.2, -0.15) is 0 Å². The molecule has 0 fully saturated rings. The maximum atomic E-state index is 12.1. The van der Waals surface area contributed by atoms with Crippen molar-refractivity contribution in [3.05, 3.63) is 70.3 Å². The first-order valence-corrected chi connectivity index (χ1v) is 12.4. The summed E-state index contributed by atoms with van der Waals surface area (Å²) in [6, 6.07) is 14.7. The number of hydrogen-bond acceptors (Lipinski definition) is 6. The fraction of sp³-hybridized carbons (Fsp3) is 0.208. The summed E-state index contributed by atoms with van der Waals surface area (Å²) in [5.41, 5.74) is 2.12. The number of carbonyl (C=O) groups is 1. The average molecular weight is 482 g/mol. The molecule has 162 valence electrons. The van der Waals surface area contributed by atoms with Crippen molar-refractivity contribution in [2.75, 3.05) is 11.9 Å². The second kappa shape index (κ2) is 9.48. The summed E-state index contributed by atoms with van der Waals surface area (Å²) in [6.45, 7) is -0.0668. The Labute approximate surface area is 199 Å². The van der Waals surface area contributed by atoms with E-state index in [1.54, 1.807) is 42.4 Å². The van der Waals surface area contributed by atoms with E-state index in [0.717, 1.165) is 27.6 Å². The van der Waals surface area contributed by atoms with Gasteiger partial charge in [0.05, 0.1) is 0 Å². The second-order valence-electron chi connectivity index (χ2n) is 7.49. The number of thiophene rings is 1. The largest absolute Gasteiger partial charge is 0.484 e. The number of ether oxygens (including phenoxy) is 1. The van der Waals surface area contributed by atoms with E-state index in [-0.39, 0.29) is 12.5 Å². The minimum absolute atomic E-state index is 0.0668. The van der Waals surface area contributed by atoms with Crippen molar-refractivity contribution in [1.82, 2.24) is 9.97 Å². The van der Waals surface area contributed by atoms with Gasteiger partial charge in [-0.05, 0) is 79.8 Å². The van der Waals surface area contributed by atoms with Crippen molar-refractivity contribution in [1.29, 1.82) is 0 Å². The molecule has 0 saturated carbocycles. The molecule has 4 aromatic rings. The third kappa shape index (κ3) is 4.75. The highest BCUT2D eigenvalue weighted by atomic mass is 35.5. The summed E-state index contributed by atoms with van der Waals surface area (Å²) in [5.74, 6) is 0.415. The summed E-state index contributed by atoms with van der Waals surface area (Å²) in [4.78, 5) is 24.8. The van der Waals surface area contributed by atoms with Crippen LogP contribution in [0.15, 0.2) is 64.8 Å². The minimum atomic E-state index is -0.226. The number of benzene rings is 2. The number of nitrogens with zero attached hydrogens (tertiary/aromatic N) is 2. The number of carbonyl (C=O) groups excluding carboxylic acids is 1. The van der Waals surface area contributed by atoms with Gasteiger partial charge in [-0.3, -0.25) is 4.79 Å². The van der Waals surface area contributed by atoms with Crippen LogP contribution < -0.4 is 10.1 Å². The van der Waals surface area contributed by atoms with Gasteiger partial charge in [0, 0.05) is 25.9 Å². The number of hydrogen-bond donors (Lipinski definition) is 1. The smallest absolute Gasteiger partial charge is 0.262 e. The average Bonchev–Trinajstić information content (AvgIpc) is 3.20. The second-order valence-corrected chi connectivity index (χ2v) is 10.1. The van der Waals surface area contributed by atoms with Crippen LogP contribution >= 0.6 is 34.7 Å². The Morgan fingerprint density at radius 2 is 1.84 bits per heavy atom. The van der Waals surface area contributed by atoms with Crippen LogP contribution in [0.4, 0.5) is 5.69 Å². The van der Waals surface area contributed by atoms with Crippen LogP contribution in [0.2, 0.25) is 5.02 Å². The maximum Gasteiger partial charge on any atom is 0.262 e. The number of anilines is 1. The zero-order valence-corrected chi connectivity index (χ0v) is 19.5. The van der Waals surface area contributed by atoms with E-state index in [2.05, 4.69) is 15.3 Å². The van der Waals surface area contributed by atoms with Gasteiger partial charge in [-0.1, -0.05) is 23.4 Å². The van der Waals surface area contributed by atoms with Crippen molar-refractivity contribution in [2.45, 2.75) is 35.6 Å². The van der Waals surface area contributed by atoms with Gasteiger partial charge in [0.1, 0.15) is 21.9 Å². The molecule has 8 heteroatoms. The summed E-state index contributed by atoms with van der Waals surface area (Å²) in [5, 5.41) is 5.63. The Hall–Kier alpha value is -2.61. The molecule has 0 radical (unpaired) electrons. The van der Waals surface area contributed by atoms with Gasteiger partial charge in [0.25, 0.3) is 5.91 Å². The molecular formula is C24H20ClN3O2S2. The molecule has 0 atom stereocenters. The Morgan fingerprint density at radius 3 is 2.66 bits per heavy atom. The first kappa shape index (κ1) is 21.2. The van der Waals surface area contributed by atoms with Crippen LogP contribution in [-0.4, -0.2) is 22.5 Å². The number of fused-ring (bicyclic) bond motifs is 3. The number of aryl methyl sites for hydroxylation is 2. The van der Waals surface area contributed by atoms with E-state index in [9.17, 15) is 4.79 Å². The minimum Gasteiger partial charge on any atom is -0.484 e. The third-order valence-corrected chi connectivity index (χ3v) is 7.72. The van der Waals surface area contributed by atoms with E-state index in [1.165, 1.54) is 28.7 Å². The van der Waals surface area contributed by atoms with Crippen molar-refractivity contribution in [3.8, 4) is 5.75 Å². The standard InChI is InChI=1S/C24H20ClN3O2S2/c25-15-5-7-16(8-6-15)28-21(29)13-30-17-9-11-18(12-10-17)31-23-22-19-3-1-2-4-20(19)32-24(22)27-14-26-23/h5-12,14H,1-4,13H2,(H,28,29). The monoisotopic (exact) mass is 481 g/mol. The molecule has 1 amide bonds. The van der Waals surface area contributed by atoms with E-state index in [0.29, 0.717) is 16.5 Å². The van der Waals surface area contributed by atoms with Crippen LogP contribution in [0.3, 0.4) is 0 Å². The molecule has 0 unspecified atom stereocenters. The van der Waals surface area contributed by atoms with Gasteiger partial charge in [0.2, 0.25) is 0 Å². The first-order valence-electron chi connectivity index (χ1n) is 10.4. The quantitative estimate of drug-likeness (QED) is 0.323. The molecule has 0 bridgehead atoms. The Kier molecular flexibility index (Phi) is 6.30. The van der Waals surface area contributed by atoms with Crippen molar-refractivity contribution < 1.29 is 9.53 Å². The molecular weight excluding hydrogens is 462 g/mol. The number of rotatable bonds is 6. The number of nitrogens with one attached hydrogen (secondary N) is 1. The molecule has 1 aliphatic carbocycles. The highest BCUT2D eigenvalue weighted by Crippen LogP contribution is 2.41. The molecule has 32 heavy (non-hydrogen) atoms. The predicted octanol–water partition coefficient (Wildman–Crippen LogP) is 6.39. The molecule has 2 aromatic carbocycles. The lowest BCUT2D eigenvalue weighted by atomic mass is 9.97. The summed E-state index contributed by atoms with van der Waals surface area (Å²) >= 11 is 9.31. The Bertz CT molecular complexity index is 1260. The van der Waals surface area contributed by atoms with Crippen LogP contribution in [-0.2, 0) is 17.6 Å². The van der Waals surface area contributed by atoms with Crippen molar-refractivity contribution in [2.24, 2.45) is 0 Å². The summed E-state index contributed by atoms with van der Waals surface area (Å²) in [6.07, 6.45) is 6.41. The fourth-order valence-corrected chi connectivity index (χ4v) is 6.07. The van der Waals surface area contributed by atoms with Crippen molar-refractivity contribution >= 4 is 56.5 Å². The van der Waals surface area contributed by atoms with Crippen LogP contribution in [0.1, 0.15) is 23.3 Å². The van der Waals surface area contributed by atoms with Crippen LogP contribution in [0, 0.1) is 0 Å². The Balaban J connectivity index is 1.23. The van der Waals surface area contributed by atoms with Gasteiger partial charge < -0.3 is 10.1 Å². The van der Waals surface area contributed by atoms with Gasteiger partial charge in [-0.15, -0.1) is 11.3 Å². The molecule has 5 rings (SSSR count). The van der Waals surface area contributed by atoms with E-state index in [1.807, 2.05) is 35.6 Å². The highest BCUT2D eigenvalue weighted by Gasteiger charge is 2.20.